The molecule has 0 aromatic heterocycles. The molecule has 0 spiro atoms. The molecule has 4 heteroatoms. The maximum absolute atomic E-state index is 12.2. The Balaban J connectivity index is 1.76. The van der Waals surface area contributed by atoms with Crippen LogP contribution in [0.5, 0.6) is 0 Å². The van der Waals surface area contributed by atoms with E-state index in [1.54, 1.807) is 11.8 Å². The van der Waals surface area contributed by atoms with Gasteiger partial charge >= 0.3 is 0 Å². The smallest absolute Gasteiger partial charge is 0.251 e. The second kappa shape index (κ2) is 8.25. The van der Waals surface area contributed by atoms with Gasteiger partial charge in [0.05, 0.1) is 0 Å². The van der Waals surface area contributed by atoms with E-state index in [9.17, 15) is 4.79 Å². The number of benzene rings is 2. The summed E-state index contributed by atoms with van der Waals surface area (Å²) in [5, 5.41) is 3.78. The maximum Gasteiger partial charge on any atom is 0.251 e. The minimum Gasteiger partial charge on any atom is -0.351 e. The summed E-state index contributed by atoms with van der Waals surface area (Å²) in [6.07, 6.45) is 0. The Hall–Kier alpha value is -1.45. The Morgan fingerprint density at radius 2 is 1.95 bits per heavy atom. The Kier molecular flexibility index (Phi) is 6.34. The molecule has 0 unspecified atom stereocenters. The van der Waals surface area contributed by atoms with E-state index in [2.05, 4.69) is 5.32 Å². The van der Waals surface area contributed by atoms with Gasteiger partial charge in [-0.3, -0.25) is 4.79 Å². The fraction of sp³-hybridized carbons (Fsp3) is 0.278. The lowest BCUT2D eigenvalue weighted by atomic mass is 10.1. The average molecular weight is 334 g/mol. The molecule has 1 N–H and O–H groups in total. The van der Waals surface area contributed by atoms with Crippen LogP contribution in [0.2, 0.25) is 5.02 Å². The number of thioether (sulfide) groups is 1. The van der Waals surface area contributed by atoms with Gasteiger partial charge in [0.2, 0.25) is 0 Å². The Morgan fingerprint density at radius 3 is 2.73 bits per heavy atom. The fourth-order valence-corrected chi connectivity index (χ4v) is 3.25. The van der Waals surface area contributed by atoms with Crippen molar-refractivity contribution in [2.75, 3.05) is 12.3 Å². The van der Waals surface area contributed by atoms with E-state index < -0.39 is 0 Å². The Bertz CT molecular complexity index is 657. The second-order valence-electron chi connectivity index (χ2n) is 5.22. The number of halogens is 1. The maximum atomic E-state index is 12.2. The summed E-state index contributed by atoms with van der Waals surface area (Å²) in [6, 6.07) is 13.8. The molecule has 0 radical (unpaired) electrons. The number of hydrogen-bond acceptors (Lipinski definition) is 2. The number of nitrogens with one attached hydrogen (secondary N) is 1. The van der Waals surface area contributed by atoms with Gasteiger partial charge in [0, 0.05) is 28.6 Å². The largest absolute Gasteiger partial charge is 0.351 e. The Morgan fingerprint density at radius 1 is 1.18 bits per heavy atom. The Labute approximate surface area is 141 Å². The molecule has 0 saturated carbocycles. The van der Waals surface area contributed by atoms with Gasteiger partial charge in [-0.25, -0.2) is 0 Å². The van der Waals surface area contributed by atoms with Crippen molar-refractivity contribution < 1.29 is 4.79 Å². The third-order valence-electron chi connectivity index (χ3n) is 3.39. The summed E-state index contributed by atoms with van der Waals surface area (Å²) in [6.45, 7) is 4.61. The quantitative estimate of drug-likeness (QED) is 0.781. The van der Waals surface area contributed by atoms with E-state index in [0.29, 0.717) is 6.54 Å². The van der Waals surface area contributed by atoms with Crippen LogP contribution in [0, 0.1) is 13.8 Å². The number of rotatable bonds is 6. The first kappa shape index (κ1) is 16.9. The number of hydrogen-bond donors (Lipinski definition) is 1. The molecule has 0 atom stereocenters. The normalized spacial score (nSPS) is 10.5. The minimum atomic E-state index is -0.000423. The lowest BCUT2D eigenvalue weighted by molar-refractivity contribution is 0.0955. The first-order valence-electron chi connectivity index (χ1n) is 7.24. The van der Waals surface area contributed by atoms with Crippen molar-refractivity contribution in [2.24, 2.45) is 0 Å². The molecule has 0 aliphatic rings. The van der Waals surface area contributed by atoms with Crippen molar-refractivity contribution in [1.82, 2.24) is 5.32 Å². The molecule has 2 aromatic carbocycles. The third-order valence-corrected chi connectivity index (χ3v) is 4.76. The predicted molar refractivity (Wildman–Crippen MR) is 95.9 cm³/mol. The number of aryl methyl sites for hydroxylation is 2. The molecular weight excluding hydrogens is 314 g/mol. The van der Waals surface area contributed by atoms with Crippen molar-refractivity contribution in [3.05, 3.63) is 69.7 Å². The van der Waals surface area contributed by atoms with Gasteiger partial charge in [-0.1, -0.05) is 47.5 Å². The molecule has 22 heavy (non-hydrogen) atoms. The number of amides is 1. The molecular formula is C18H20ClNOS. The summed E-state index contributed by atoms with van der Waals surface area (Å²) in [4.78, 5) is 12.2. The van der Waals surface area contributed by atoms with Gasteiger partial charge in [0.1, 0.15) is 0 Å². The standard InChI is InChI=1S/C18H20ClNOS/c1-13-7-8-14(2)16(11-13)18(21)20-9-10-22-12-15-5-3-4-6-17(15)19/h3-8,11H,9-10,12H2,1-2H3,(H,20,21). The van der Waals surface area contributed by atoms with Gasteiger partial charge in [-0.15, -0.1) is 0 Å². The monoisotopic (exact) mass is 333 g/mol. The van der Waals surface area contributed by atoms with E-state index in [1.165, 1.54) is 0 Å². The van der Waals surface area contributed by atoms with Gasteiger partial charge in [0.25, 0.3) is 5.91 Å². The van der Waals surface area contributed by atoms with Crippen LogP contribution in [0.3, 0.4) is 0 Å². The summed E-state index contributed by atoms with van der Waals surface area (Å²) >= 11 is 7.88. The minimum absolute atomic E-state index is 0.000423. The summed E-state index contributed by atoms with van der Waals surface area (Å²) < 4.78 is 0. The van der Waals surface area contributed by atoms with E-state index in [4.69, 9.17) is 11.6 Å². The van der Waals surface area contributed by atoms with Crippen molar-refractivity contribution in [3.8, 4) is 0 Å². The van der Waals surface area contributed by atoms with Crippen LogP contribution in [0.25, 0.3) is 0 Å². The molecule has 1 amide bonds. The van der Waals surface area contributed by atoms with Crippen molar-refractivity contribution in [1.29, 1.82) is 0 Å². The topological polar surface area (TPSA) is 29.1 Å². The van der Waals surface area contributed by atoms with Crippen LogP contribution >= 0.6 is 23.4 Å². The average Bonchev–Trinajstić information content (AvgIpc) is 2.51. The van der Waals surface area contributed by atoms with Crippen LogP contribution in [-0.2, 0) is 5.75 Å². The zero-order valence-corrected chi connectivity index (χ0v) is 14.4. The van der Waals surface area contributed by atoms with Crippen molar-refractivity contribution in [3.63, 3.8) is 0 Å². The van der Waals surface area contributed by atoms with Crippen molar-refractivity contribution >= 4 is 29.3 Å². The molecule has 2 rings (SSSR count). The highest BCUT2D eigenvalue weighted by atomic mass is 35.5. The van der Waals surface area contributed by atoms with E-state index in [-0.39, 0.29) is 5.91 Å². The van der Waals surface area contributed by atoms with Gasteiger partial charge in [-0.2, -0.15) is 11.8 Å². The van der Waals surface area contributed by atoms with Crippen molar-refractivity contribution in [2.45, 2.75) is 19.6 Å². The number of carbonyl (C=O) groups excluding carboxylic acids is 1. The van der Waals surface area contributed by atoms with Crippen LogP contribution < -0.4 is 5.32 Å². The highest BCUT2D eigenvalue weighted by molar-refractivity contribution is 7.98. The molecule has 0 aliphatic carbocycles. The lowest BCUT2D eigenvalue weighted by Crippen LogP contribution is -2.26. The van der Waals surface area contributed by atoms with Gasteiger partial charge < -0.3 is 5.32 Å². The predicted octanol–water partition coefficient (Wildman–Crippen LogP) is 4.62. The number of carbonyl (C=O) groups is 1. The van der Waals surface area contributed by atoms with Crippen LogP contribution in [-0.4, -0.2) is 18.2 Å². The highest BCUT2D eigenvalue weighted by Crippen LogP contribution is 2.20. The zero-order valence-electron chi connectivity index (χ0n) is 12.9. The molecule has 0 fully saturated rings. The SMILES string of the molecule is Cc1ccc(C)c(C(=O)NCCSCc2ccccc2Cl)c1. The van der Waals surface area contributed by atoms with Crippen LogP contribution in [0.15, 0.2) is 42.5 Å². The first-order valence-corrected chi connectivity index (χ1v) is 8.78. The van der Waals surface area contributed by atoms with Crippen LogP contribution in [0.4, 0.5) is 0 Å². The molecule has 0 bridgehead atoms. The molecule has 0 heterocycles. The molecule has 0 aliphatic heterocycles. The first-order chi connectivity index (χ1) is 10.6. The molecule has 2 aromatic rings. The van der Waals surface area contributed by atoms with E-state index >= 15 is 0 Å². The fourth-order valence-electron chi connectivity index (χ4n) is 2.11. The molecule has 2 nitrogen and oxygen atoms in total. The highest BCUT2D eigenvalue weighted by Gasteiger charge is 2.08. The third kappa shape index (κ3) is 4.79. The summed E-state index contributed by atoms with van der Waals surface area (Å²) in [5.74, 6) is 1.72. The van der Waals surface area contributed by atoms with E-state index in [1.807, 2.05) is 56.3 Å². The van der Waals surface area contributed by atoms with Gasteiger partial charge in [-0.05, 0) is 37.1 Å². The van der Waals surface area contributed by atoms with Gasteiger partial charge in [0.15, 0.2) is 0 Å². The molecule has 0 saturated heterocycles. The lowest BCUT2D eigenvalue weighted by Gasteiger charge is -2.09. The van der Waals surface area contributed by atoms with E-state index in [0.717, 1.165) is 38.8 Å². The second-order valence-corrected chi connectivity index (χ2v) is 6.73. The summed E-state index contributed by atoms with van der Waals surface area (Å²) in [7, 11) is 0. The zero-order chi connectivity index (χ0) is 15.9. The summed E-state index contributed by atoms with van der Waals surface area (Å²) in [5.41, 5.74) is 4.00. The molecule has 116 valence electrons. The van der Waals surface area contributed by atoms with Crippen LogP contribution in [0.1, 0.15) is 27.0 Å².